The second-order valence-electron chi connectivity index (χ2n) is 17.2. The van der Waals surface area contributed by atoms with Crippen molar-refractivity contribution in [2.45, 2.75) is 53.4 Å². The molecule has 336 valence electrons. The number of hydrogen-bond acceptors (Lipinski definition) is 6. The summed E-state index contributed by atoms with van der Waals surface area (Å²) in [7, 11) is 3.32. The Labute approximate surface area is 398 Å². The van der Waals surface area contributed by atoms with Crippen molar-refractivity contribution in [1.82, 2.24) is 19.5 Å². The van der Waals surface area contributed by atoms with E-state index < -0.39 is 10.8 Å². The lowest BCUT2D eigenvalue weighted by molar-refractivity contribution is -0.123. The number of alkyl halides is 1. The fraction of sp³-hybridized carbons (Fsp3) is 0.231. The molecule has 0 fully saturated rings. The molecule has 0 aliphatic rings. The van der Waals surface area contributed by atoms with Crippen LogP contribution in [-0.2, 0) is 21.5 Å². The van der Waals surface area contributed by atoms with Gasteiger partial charge >= 0.3 is 0 Å². The molecule has 4 heterocycles. The Morgan fingerprint density at radius 2 is 1.15 bits per heavy atom. The van der Waals surface area contributed by atoms with Gasteiger partial charge in [-0.1, -0.05) is 129 Å². The second kappa shape index (κ2) is 21.2. The van der Waals surface area contributed by atoms with E-state index in [4.69, 9.17) is 37.7 Å². The molecule has 2 amide bonds. The van der Waals surface area contributed by atoms with Gasteiger partial charge in [0.2, 0.25) is 11.8 Å². The first kappa shape index (κ1) is 48.3. The van der Waals surface area contributed by atoms with Gasteiger partial charge in [-0.15, -0.1) is 0 Å². The zero-order valence-corrected chi connectivity index (χ0v) is 40.8. The molecule has 0 saturated heterocycles. The van der Waals surface area contributed by atoms with E-state index in [1.807, 2.05) is 151 Å². The van der Waals surface area contributed by atoms with E-state index in [9.17, 15) is 9.59 Å². The minimum absolute atomic E-state index is 0.0262. The number of benzene rings is 4. The number of carbonyl (C=O) groups excluding carboxylic acids is 2. The number of nitrogens with one attached hydrogen (secondary N) is 3. The predicted molar refractivity (Wildman–Crippen MR) is 271 cm³/mol. The van der Waals surface area contributed by atoms with Gasteiger partial charge in [0.05, 0.1) is 43.4 Å². The average molecular weight is 977 g/mol. The lowest BCUT2D eigenvalue weighted by Crippen LogP contribution is -2.28. The largest absolute Gasteiger partial charge is 0.497 e. The van der Waals surface area contributed by atoms with Crippen LogP contribution in [-0.4, -0.2) is 45.6 Å². The molecule has 0 saturated carbocycles. The molecule has 0 radical (unpaired) electrons. The number of aromatic nitrogens is 4. The molecule has 3 N–H and O–H groups in total. The molecule has 0 spiro atoms. The summed E-state index contributed by atoms with van der Waals surface area (Å²) in [6, 6.07) is 43.0. The fourth-order valence-electron chi connectivity index (χ4n) is 6.51. The molecule has 0 unspecified atom stereocenters. The first-order chi connectivity index (χ1) is 31.0. The van der Waals surface area contributed by atoms with E-state index in [-0.39, 0.29) is 11.8 Å². The molecule has 0 atom stereocenters. The van der Waals surface area contributed by atoms with Crippen LogP contribution in [0.15, 0.2) is 133 Å². The summed E-state index contributed by atoms with van der Waals surface area (Å²) in [5, 5.41) is 10.0. The van der Waals surface area contributed by atoms with Crippen LogP contribution in [0.4, 0.5) is 11.6 Å². The Morgan fingerprint density at radius 1 is 0.631 bits per heavy atom. The number of rotatable bonds is 9. The second-order valence-corrected chi connectivity index (χ2v) is 18.6. The number of methoxy groups -OCH3 is 2. The molecule has 65 heavy (non-hydrogen) atoms. The average Bonchev–Trinajstić information content (AvgIpc) is 3.87. The molecule has 8 rings (SSSR count). The number of hydrogen-bond donors (Lipinski definition) is 3. The monoisotopic (exact) mass is 974 g/mol. The number of aromatic amines is 1. The Bertz CT molecular complexity index is 2930. The van der Waals surface area contributed by atoms with Gasteiger partial charge in [-0.2, -0.15) is 0 Å². The zero-order chi connectivity index (χ0) is 46.9. The number of carbonyl (C=O) groups is 2. The Kier molecular flexibility index (Phi) is 15.8. The molecule has 0 aliphatic heterocycles. The number of ether oxygens (including phenoxy) is 2. The van der Waals surface area contributed by atoms with Gasteiger partial charge in [0, 0.05) is 71.4 Å². The highest BCUT2D eigenvalue weighted by molar-refractivity contribution is 9.08. The third kappa shape index (κ3) is 12.6. The van der Waals surface area contributed by atoms with Crippen molar-refractivity contribution in [1.29, 1.82) is 0 Å². The Morgan fingerprint density at radius 3 is 1.71 bits per heavy atom. The predicted octanol–water partition coefficient (Wildman–Crippen LogP) is 13.9. The van der Waals surface area contributed by atoms with Crippen LogP contribution in [0.1, 0.15) is 52.9 Å². The van der Waals surface area contributed by atoms with Gasteiger partial charge in [-0.25, -0.2) is 9.97 Å². The molecule has 8 aromatic rings. The molecule has 0 bridgehead atoms. The topological polar surface area (TPSA) is 123 Å². The highest BCUT2D eigenvalue weighted by Gasteiger charge is 2.23. The summed E-state index contributed by atoms with van der Waals surface area (Å²) < 4.78 is 12.9. The van der Waals surface area contributed by atoms with Gasteiger partial charge < -0.3 is 29.7 Å². The van der Waals surface area contributed by atoms with Crippen molar-refractivity contribution < 1.29 is 19.1 Å². The molecule has 10 nitrogen and oxygen atoms in total. The smallest absolute Gasteiger partial charge is 0.230 e. The van der Waals surface area contributed by atoms with E-state index in [2.05, 4.69) is 53.2 Å². The molecular formula is C52H53BrCl2N6O4. The first-order valence-corrected chi connectivity index (χ1v) is 22.8. The molecule has 4 aromatic heterocycles. The molecule has 0 aliphatic carbocycles. The highest BCUT2D eigenvalue weighted by atomic mass is 79.9. The van der Waals surface area contributed by atoms with Crippen LogP contribution in [0.2, 0.25) is 10.0 Å². The van der Waals surface area contributed by atoms with Crippen molar-refractivity contribution in [3.63, 3.8) is 0 Å². The standard InChI is InChI=1S/C26H26ClN3O2.C15H12ClNO.C11H15BrN2O/c1-26(2,3)25(31)29-24-11-7-8-18(28-24)16-30-22-15-19(32-4)13-12-17(22)14-23(30)20-9-5-6-10-21(20)27;1-18-11-7-6-10-8-15(17-14(10)9-11)12-4-2-3-5-13(12)16;1-11(2,3)10(15)14-9-6-4-5-8(7-12)13-9/h5-15H,16H2,1-4H3,(H,28,29,31);2-9,17H,1H3;4-6H,7H2,1-3H3,(H,13,14,15). The first-order valence-electron chi connectivity index (χ1n) is 20.9. The van der Waals surface area contributed by atoms with Gasteiger partial charge in [-0.05, 0) is 72.8 Å². The number of fused-ring (bicyclic) bond motifs is 2. The maximum atomic E-state index is 12.4. The SMILES string of the molecule is CC(C)(C)C(=O)Nc1cccc(CBr)n1.COc1ccc2cc(-c3ccccc3Cl)[nH]c2c1.COc1ccc2cc(-c3ccccc3Cl)n(Cc3cccc(NC(=O)C(C)(C)C)n3)c2c1. The summed E-state index contributed by atoms with van der Waals surface area (Å²) >= 11 is 16.1. The van der Waals surface area contributed by atoms with E-state index in [0.29, 0.717) is 28.5 Å². The maximum Gasteiger partial charge on any atom is 0.230 e. The minimum Gasteiger partial charge on any atom is -0.497 e. The fourth-order valence-corrected chi connectivity index (χ4v) is 7.29. The number of nitrogens with zero attached hydrogens (tertiary/aromatic N) is 3. The Hall–Kier alpha value is -6.14. The normalized spacial score (nSPS) is 11.2. The van der Waals surface area contributed by atoms with Crippen molar-refractivity contribution >= 4 is 84.4 Å². The van der Waals surface area contributed by atoms with E-state index in [1.165, 1.54) is 0 Å². The van der Waals surface area contributed by atoms with E-state index in [0.717, 1.165) is 72.2 Å². The van der Waals surface area contributed by atoms with Gasteiger partial charge in [0.25, 0.3) is 0 Å². The summed E-state index contributed by atoms with van der Waals surface area (Å²) in [6.45, 7) is 11.8. The van der Waals surface area contributed by atoms with Crippen LogP contribution < -0.4 is 20.1 Å². The van der Waals surface area contributed by atoms with Gasteiger partial charge in [-0.3, -0.25) is 9.59 Å². The van der Waals surface area contributed by atoms with Crippen molar-refractivity contribution in [2.75, 3.05) is 24.9 Å². The van der Waals surface area contributed by atoms with Crippen LogP contribution >= 0.6 is 39.1 Å². The number of pyridine rings is 2. The number of H-pyrrole nitrogens is 1. The molecule has 4 aromatic carbocycles. The van der Waals surface area contributed by atoms with Crippen molar-refractivity contribution in [2.24, 2.45) is 10.8 Å². The van der Waals surface area contributed by atoms with E-state index >= 15 is 0 Å². The summed E-state index contributed by atoms with van der Waals surface area (Å²) in [5.41, 5.74) is 6.86. The third-order valence-corrected chi connectivity index (χ3v) is 11.4. The Balaban J connectivity index is 0.000000179. The lowest BCUT2D eigenvalue weighted by atomic mass is 9.96. The minimum atomic E-state index is -0.498. The number of halogens is 3. The van der Waals surface area contributed by atoms with Crippen LogP contribution in [0, 0.1) is 10.8 Å². The quantitative estimate of drug-likeness (QED) is 0.124. The summed E-state index contributed by atoms with van der Waals surface area (Å²) in [4.78, 5) is 36.4. The lowest BCUT2D eigenvalue weighted by Gasteiger charge is -2.18. The van der Waals surface area contributed by atoms with Crippen LogP contribution in [0.3, 0.4) is 0 Å². The molecule has 13 heteroatoms. The van der Waals surface area contributed by atoms with Gasteiger partial charge in [0.1, 0.15) is 23.1 Å². The summed E-state index contributed by atoms with van der Waals surface area (Å²) in [5.74, 6) is 2.66. The van der Waals surface area contributed by atoms with Crippen molar-refractivity contribution in [3.8, 4) is 34.0 Å². The van der Waals surface area contributed by atoms with Crippen LogP contribution in [0.25, 0.3) is 44.3 Å². The van der Waals surface area contributed by atoms with E-state index in [1.54, 1.807) is 26.4 Å². The highest BCUT2D eigenvalue weighted by Crippen LogP contribution is 2.35. The van der Waals surface area contributed by atoms with Crippen molar-refractivity contribution in [3.05, 3.63) is 155 Å². The zero-order valence-electron chi connectivity index (χ0n) is 37.7. The maximum absolute atomic E-state index is 12.4. The third-order valence-electron chi connectivity index (χ3n) is 10.2. The summed E-state index contributed by atoms with van der Waals surface area (Å²) in [6.07, 6.45) is 0. The number of anilines is 2. The molecular weight excluding hydrogens is 923 g/mol. The number of amides is 2. The van der Waals surface area contributed by atoms with Gasteiger partial charge in [0.15, 0.2) is 0 Å². The van der Waals surface area contributed by atoms with Crippen LogP contribution in [0.5, 0.6) is 11.5 Å².